The Morgan fingerprint density at radius 1 is 1.53 bits per heavy atom. The number of nitrogens with two attached hydrogens (primary N) is 1. The summed E-state index contributed by atoms with van der Waals surface area (Å²) < 4.78 is 4.96. The van der Waals surface area contributed by atoms with Gasteiger partial charge in [0.2, 0.25) is 5.56 Å². The van der Waals surface area contributed by atoms with Crippen LogP contribution in [-0.4, -0.2) is 47.6 Å². The van der Waals surface area contributed by atoms with Gasteiger partial charge in [0.05, 0.1) is 11.6 Å². The van der Waals surface area contributed by atoms with E-state index in [1.165, 1.54) is 12.3 Å². The summed E-state index contributed by atoms with van der Waals surface area (Å²) >= 11 is 4.80. The molecule has 0 atom stereocenters. The molecule has 19 heavy (non-hydrogen) atoms. The lowest BCUT2D eigenvalue weighted by Crippen LogP contribution is -2.36. The van der Waals surface area contributed by atoms with E-state index in [0.29, 0.717) is 36.7 Å². The van der Waals surface area contributed by atoms with Crippen molar-refractivity contribution in [3.8, 4) is 0 Å². The number of aromatic nitrogens is 1. The normalized spacial score (nSPS) is 10.2. The topological polar surface area (TPSA) is 88.4 Å². The molecule has 0 radical (unpaired) electrons. The van der Waals surface area contributed by atoms with Gasteiger partial charge in [-0.2, -0.15) is 0 Å². The lowest BCUT2D eigenvalue weighted by molar-refractivity contribution is 0.0701. The number of ether oxygens (including phenoxy) is 1. The maximum atomic E-state index is 12.2. The van der Waals surface area contributed by atoms with E-state index in [1.807, 2.05) is 0 Å². The lowest BCUT2D eigenvalue weighted by atomic mass is 10.2. The molecular formula is C12H17N3O3S. The Kier molecular flexibility index (Phi) is 6.17. The predicted molar refractivity (Wildman–Crippen MR) is 76.2 cm³/mol. The quantitative estimate of drug-likeness (QED) is 0.695. The second-order valence-electron chi connectivity index (χ2n) is 3.94. The van der Waals surface area contributed by atoms with Gasteiger partial charge in [-0.3, -0.25) is 9.59 Å². The molecule has 1 amide bonds. The predicted octanol–water partition coefficient (Wildman–Crippen LogP) is 0.140. The average molecular weight is 283 g/mol. The fourth-order valence-corrected chi connectivity index (χ4v) is 1.61. The number of amides is 1. The van der Waals surface area contributed by atoms with Crippen LogP contribution >= 0.6 is 12.2 Å². The van der Waals surface area contributed by atoms with E-state index in [2.05, 4.69) is 4.98 Å². The number of hydrogen-bond donors (Lipinski definition) is 2. The third-order valence-corrected chi connectivity index (χ3v) is 2.71. The summed E-state index contributed by atoms with van der Waals surface area (Å²) in [6.45, 7) is 1.24. The van der Waals surface area contributed by atoms with Crippen LogP contribution in [0, 0.1) is 0 Å². The van der Waals surface area contributed by atoms with Crippen LogP contribution in [-0.2, 0) is 4.74 Å². The highest BCUT2D eigenvalue weighted by atomic mass is 32.1. The summed E-state index contributed by atoms with van der Waals surface area (Å²) in [5.41, 5.74) is 5.46. The average Bonchev–Trinajstić information content (AvgIpc) is 2.38. The Balaban J connectivity index is 2.80. The monoisotopic (exact) mass is 283 g/mol. The summed E-state index contributed by atoms with van der Waals surface area (Å²) in [5.74, 6) is -0.237. The number of carbonyl (C=O) groups is 1. The second kappa shape index (κ2) is 7.65. The number of pyridine rings is 1. The molecular weight excluding hydrogens is 266 g/mol. The van der Waals surface area contributed by atoms with Crippen LogP contribution < -0.4 is 11.3 Å². The van der Waals surface area contributed by atoms with Gasteiger partial charge < -0.3 is 20.4 Å². The molecule has 0 unspecified atom stereocenters. The first-order valence-corrected chi connectivity index (χ1v) is 6.20. The summed E-state index contributed by atoms with van der Waals surface area (Å²) in [6.07, 6.45) is 1.88. The Morgan fingerprint density at radius 3 is 2.84 bits per heavy atom. The molecule has 104 valence electrons. The highest BCUT2D eigenvalue weighted by molar-refractivity contribution is 7.80. The summed E-state index contributed by atoms with van der Waals surface area (Å²) in [6, 6.07) is 2.83. The van der Waals surface area contributed by atoms with Crippen molar-refractivity contribution in [1.82, 2.24) is 9.88 Å². The van der Waals surface area contributed by atoms with Crippen molar-refractivity contribution >= 4 is 23.1 Å². The van der Waals surface area contributed by atoms with Crippen molar-refractivity contribution in [2.45, 2.75) is 6.42 Å². The number of rotatable bonds is 7. The van der Waals surface area contributed by atoms with Crippen LogP contribution in [0.15, 0.2) is 23.1 Å². The van der Waals surface area contributed by atoms with E-state index in [1.54, 1.807) is 18.1 Å². The molecule has 0 aliphatic heterocycles. The number of H-pyrrole nitrogens is 1. The maximum Gasteiger partial charge on any atom is 0.254 e. The molecule has 1 rings (SSSR count). The SMILES string of the molecule is COCCN(CCC(N)=S)C(=O)c1cc[nH]c(=O)c1. The van der Waals surface area contributed by atoms with E-state index >= 15 is 0 Å². The van der Waals surface area contributed by atoms with E-state index < -0.39 is 0 Å². The zero-order valence-corrected chi connectivity index (χ0v) is 11.5. The van der Waals surface area contributed by atoms with Gasteiger partial charge in [-0.15, -0.1) is 0 Å². The molecule has 0 aromatic carbocycles. The smallest absolute Gasteiger partial charge is 0.254 e. The number of aromatic amines is 1. The lowest BCUT2D eigenvalue weighted by Gasteiger charge is -2.22. The third-order valence-electron chi connectivity index (χ3n) is 2.50. The molecule has 0 saturated heterocycles. The van der Waals surface area contributed by atoms with Gasteiger partial charge in [0.1, 0.15) is 0 Å². The van der Waals surface area contributed by atoms with E-state index in [0.717, 1.165) is 0 Å². The molecule has 3 N–H and O–H groups in total. The van der Waals surface area contributed by atoms with Gasteiger partial charge in [0.15, 0.2) is 0 Å². The van der Waals surface area contributed by atoms with E-state index in [-0.39, 0.29) is 11.5 Å². The first kappa shape index (κ1) is 15.3. The second-order valence-corrected chi connectivity index (χ2v) is 4.47. The molecule has 0 fully saturated rings. The van der Waals surface area contributed by atoms with Crippen LogP contribution in [0.5, 0.6) is 0 Å². The molecule has 0 bridgehead atoms. The van der Waals surface area contributed by atoms with E-state index in [4.69, 9.17) is 22.7 Å². The number of thiocarbonyl (C=S) groups is 1. The van der Waals surface area contributed by atoms with Gasteiger partial charge in [-0.05, 0) is 6.07 Å². The van der Waals surface area contributed by atoms with Crippen LogP contribution in [0.25, 0.3) is 0 Å². The molecule has 0 saturated carbocycles. The number of nitrogens with one attached hydrogen (secondary N) is 1. The van der Waals surface area contributed by atoms with Crippen molar-refractivity contribution in [3.63, 3.8) is 0 Å². The minimum atomic E-state index is -0.313. The number of methoxy groups -OCH3 is 1. The highest BCUT2D eigenvalue weighted by Gasteiger charge is 2.15. The van der Waals surface area contributed by atoms with Crippen LogP contribution in [0.3, 0.4) is 0 Å². The number of nitrogens with zero attached hydrogens (tertiary/aromatic N) is 1. The first-order chi connectivity index (χ1) is 9.04. The molecule has 0 spiro atoms. The Labute approximate surface area is 116 Å². The molecule has 7 heteroatoms. The standard InChI is InChI=1S/C12H17N3O3S/c1-18-7-6-15(5-3-10(13)19)12(17)9-2-4-14-11(16)8-9/h2,4,8H,3,5-7H2,1H3,(H2,13,19)(H,14,16). The minimum absolute atomic E-state index is 0.237. The van der Waals surface area contributed by atoms with Crippen molar-refractivity contribution in [2.24, 2.45) is 5.73 Å². The molecule has 1 aromatic heterocycles. The van der Waals surface area contributed by atoms with Gasteiger partial charge >= 0.3 is 0 Å². The number of hydrogen-bond acceptors (Lipinski definition) is 4. The summed E-state index contributed by atoms with van der Waals surface area (Å²) in [5, 5.41) is 0. The summed E-state index contributed by atoms with van der Waals surface area (Å²) in [7, 11) is 1.56. The van der Waals surface area contributed by atoms with Gasteiger partial charge in [0, 0.05) is 44.4 Å². The van der Waals surface area contributed by atoms with Crippen molar-refractivity contribution in [2.75, 3.05) is 26.8 Å². The Hall–Kier alpha value is -1.73. The zero-order valence-electron chi connectivity index (χ0n) is 10.7. The van der Waals surface area contributed by atoms with Crippen LogP contribution in [0.2, 0.25) is 0 Å². The van der Waals surface area contributed by atoms with Crippen molar-refractivity contribution < 1.29 is 9.53 Å². The molecule has 0 aliphatic rings. The summed E-state index contributed by atoms with van der Waals surface area (Å²) in [4.78, 5) is 27.8. The van der Waals surface area contributed by atoms with Crippen LogP contribution in [0.1, 0.15) is 16.8 Å². The fourth-order valence-electron chi connectivity index (χ4n) is 1.52. The molecule has 0 aliphatic carbocycles. The highest BCUT2D eigenvalue weighted by Crippen LogP contribution is 2.03. The maximum absolute atomic E-state index is 12.2. The number of carbonyl (C=O) groups excluding carboxylic acids is 1. The van der Waals surface area contributed by atoms with Crippen LogP contribution in [0.4, 0.5) is 0 Å². The third kappa shape index (κ3) is 5.19. The molecule has 1 aromatic rings. The van der Waals surface area contributed by atoms with Crippen molar-refractivity contribution in [1.29, 1.82) is 0 Å². The molecule has 1 heterocycles. The van der Waals surface area contributed by atoms with Gasteiger partial charge in [-0.25, -0.2) is 0 Å². The largest absolute Gasteiger partial charge is 0.393 e. The van der Waals surface area contributed by atoms with Gasteiger partial charge in [-0.1, -0.05) is 12.2 Å². The van der Waals surface area contributed by atoms with Crippen molar-refractivity contribution in [3.05, 3.63) is 34.2 Å². The van der Waals surface area contributed by atoms with E-state index in [9.17, 15) is 9.59 Å². The molecule has 6 nitrogen and oxygen atoms in total. The Bertz CT molecular complexity index is 501. The fraction of sp³-hybridized carbons (Fsp3) is 0.417. The minimum Gasteiger partial charge on any atom is -0.393 e. The zero-order chi connectivity index (χ0) is 14.3. The first-order valence-electron chi connectivity index (χ1n) is 5.80. The Morgan fingerprint density at radius 2 is 2.26 bits per heavy atom. The van der Waals surface area contributed by atoms with Gasteiger partial charge in [0.25, 0.3) is 5.91 Å².